The summed E-state index contributed by atoms with van der Waals surface area (Å²) in [5.41, 5.74) is 0.661. The van der Waals surface area contributed by atoms with Crippen molar-refractivity contribution in [2.45, 2.75) is 84.2 Å². The first-order valence-corrected chi connectivity index (χ1v) is 12.7. The maximum absolute atomic E-state index is 13.6. The summed E-state index contributed by atoms with van der Waals surface area (Å²) in [4.78, 5) is 28.3. The molecule has 0 aromatic heterocycles. The Hall–Kier alpha value is -1.26. The van der Waals surface area contributed by atoms with Crippen molar-refractivity contribution < 1.29 is 9.59 Å². The van der Waals surface area contributed by atoms with Crippen LogP contribution in [0.2, 0.25) is 5.02 Å². The molecule has 1 N–H and O–H groups in total. The van der Waals surface area contributed by atoms with Gasteiger partial charge in [0.2, 0.25) is 11.8 Å². The number of nitrogens with zero attached hydrogens (tertiary/aromatic N) is 1. The van der Waals surface area contributed by atoms with E-state index >= 15 is 0 Å². The molecule has 4 nitrogen and oxygen atoms in total. The van der Waals surface area contributed by atoms with Gasteiger partial charge in [-0.2, -0.15) is 0 Å². The zero-order valence-corrected chi connectivity index (χ0v) is 20.7. The van der Waals surface area contributed by atoms with Crippen molar-refractivity contribution in [2.75, 3.05) is 12.4 Å². The second kappa shape index (κ2) is 13.3. The fourth-order valence-corrected chi connectivity index (χ4v) is 4.96. The minimum Gasteiger partial charge on any atom is -0.351 e. The summed E-state index contributed by atoms with van der Waals surface area (Å²) in [5.74, 6) is 0.204. The highest BCUT2D eigenvalue weighted by atomic mass is 35.5. The van der Waals surface area contributed by atoms with Crippen molar-refractivity contribution >= 4 is 35.0 Å². The van der Waals surface area contributed by atoms with Crippen LogP contribution in [-0.4, -0.2) is 35.2 Å². The van der Waals surface area contributed by atoms with Crippen molar-refractivity contribution in [3.63, 3.8) is 0 Å². The van der Waals surface area contributed by atoms with Crippen LogP contribution in [0.25, 0.3) is 0 Å². The lowest BCUT2D eigenvalue weighted by atomic mass is 9.85. The minimum absolute atomic E-state index is 0.126. The molecule has 0 aliphatic heterocycles. The first kappa shape index (κ1) is 26.0. The number of carbonyl (C=O) groups excluding carboxylic acids is 2. The largest absolute Gasteiger partial charge is 0.351 e. The van der Waals surface area contributed by atoms with E-state index < -0.39 is 6.04 Å². The molecule has 0 bridgehead atoms. The Morgan fingerprint density at radius 3 is 2.52 bits per heavy atom. The number of benzene rings is 1. The molecule has 0 radical (unpaired) electrons. The van der Waals surface area contributed by atoms with Crippen LogP contribution in [0.3, 0.4) is 0 Å². The Morgan fingerprint density at radius 2 is 1.90 bits per heavy atom. The first-order valence-electron chi connectivity index (χ1n) is 11.8. The van der Waals surface area contributed by atoms with Crippen molar-refractivity contribution in [1.29, 1.82) is 0 Å². The number of hydrogen-bond acceptors (Lipinski definition) is 2. The zero-order valence-electron chi connectivity index (χ0n) is 19.2. The highest BCUT2D eigenvalue weighted by Crippen LogP contribution is 2.31. The number of alkyl halides is 1. The van der Waals surface area contributed by atoms with Crippen LogP contribution < -0.4 is 5.32 Å². The highest BCUT2D eigenvalue weighted by molar-refractivity contribution is 6.31. The zero-order chi connectivity index (χ0) is 22.8. The lowest BCUT2D eigenvalue weighted by Gasteiger charge is -2.36. The molecule has 4 atom stereocenters. The third-order valence-electron chi connectivity index (χ3n) is 6.63. The predicted molar refractivity (Wildman–Crippen MR) is 129 cm³/mol. The number of rotatable bonds is 11. The van der Waals surface area contributed by atoms with Gasteiger partial charge < -0.3 is 10.2 Å². The molecule has 1 fully saturated rings. The Morgan fingerprint density at radius 1 is 1.19 bits per heavy atom. The third kappa shape index (κ3) is 7.39. The average molecular weight is 469 g/mol. The second-order valence-electron chi connectivity index (χ2n) is 8.90. The van der Waals surface area contributed by atoms with E-state index in [4.69, 9.17) is 23.2 Å². The van der Waals surface area contributed by atoms with E-state index in [0.29, 0.717) is 29.0 Å². The predicted octanol–water partition coefficient (Wildman–Crippen LogP) is 6.36. The lowest BCUT2D eigenvalue weighted by molar-refractivity contribution is -0.140. The van der Waals surface area contributed by atoms with E-state index in [9.17, 15) is 9.59 Å². The maximum Gasteiger partial charge on any atom is 0.247 e. The van der Waals surface area contributed by atoms with Gasteiger partial charge in [-0.25, -0.2) is 0 Å². The van der Waals surface area contributed by atoms with E-state index in [1.165, 1.54) is 6.42 Å². The van der Waals surface area contributed by atoms with Crippen molar-refractivity contribution in [2.24, 2.45) is 11.8 Å². The molecule has 174 valence electrons. The summed E-state index contributed by atoms with van der Waals surface area (Å²) in [6.45, 7) is 7.00. The van der Waals surface area contributed by atoms with E-state index in [0.717, 1.165) is 44.9 Å². The molecule has 0 spiro atoms. The van der Waals surface area contributed by atoms with Crippen LogP contribution >= 0.6 is 23.2 Å². The Balaban J connectivity index is 2.38. The lowest BCUT2D eigenvalue weighted by Crippen LogP contribution is -2.50. The van der Waals surface area contributed by atoms with E-state index in [1.54, 1.807) is 11.0 Å². The van der Waals surface area contributed by atoms with Crippen molar-refractivity contribution in [1.82, 2.24) is 10.2 Å². The summed E-state index contributed by atoms with van der Waals surface area (Å²) in [7, 11) is 0. The number of amides is 2. The molecular formula is C25H38Cl2N2O2. The van der Waals surface area contributed by atoms with Crippen LogP contribution in [0.15, 0.2) is 24.3 Å². The van der Waals surface area contributed by atoms with E-state index in [2.05, 4.69) is 26.1 Å². The van der Waals surface area contributed by atoms with E-state index in [1.807, 2.05) is 18.2 Å². The minimum atomic E-state index is -0.773. The Labute approximate surface area is 198 Å². The smallest absolute Gasteiger partial charge is 0.247 e. The third-order valence-corrected chi connectivity index (χ3v) is 7.20. The molecule has 1 aromatic rings. The van der Waals surface area contributed by atoms with Crippen LogP contribution in [0.5, 0.6) is 0 Å². The number of unbranched alkanes of at least 4 members (excludes halogenated alkanes) is 1. The first-order chi connectivity index (χ1) is 14.9. The van der Waals surface area contributed by atoms with Gasteiger partial charge in [-0.1, -0.05) is 82.7 Å². The van der Waals surface area contributed by atoms with Gasteiger partial charge in [0.05, 0.1) is 0 Å². The Bertz CT molecular complexity index is 713. The van der Waals surface area contributed by atoms with Gasteiger partial charge in [0.15, 0.2) is 0 Å². The topological polar surface area (TPSA) is 49.4 Å². The molecule has 0 saturated heterocycles. The van der Waals surface area contributed by atoms with Gasteiger partial charge in [0.1, 0.15) is 11.9 Å². The number of hydrogen-bond donors (Lipinski definition) is 1. The molecule has 2 amide bonds. The van der Waals surface area contributed by atoms with Gasteiger partial charge >= 0.3 is 0 Å². The summed E-state index contributed by atoms with van der Waals surface area (Å²) >= 11 is 12.5. The fourth-order valence-electron chi connectivity index (χ4n) is 4.56. The normalized spacial score (nSPS) is 20.7. The molecule has 1 aliphatic carbocycles. The van der Waals surface area contributed by atoms with Gasteiger partial charge in [0.25, 0.3) is 0 Å². The van der Waals surface area contributed by atoms with Crippen LogP contribution in [0.4, 0.5) is 0 Å². The van der Waals surface area contributed by atoms with Gasteiger partial charge in [0, 0.05) is 23.2 Å². The molecule has 31 heavy (non-hydrogen) atoms. The molecular weight excluding hydrogens is 431 g/mol. The second-order valence-corrected chi connectivity index (χ2v) is 9.57. The number of nitrogens with one attached hydrogen (secondary N) is 1. The average Bonchev–Trinajstić information content (AvgIpc) is 2.77. The van der Waals surface area contributed by atoms with Crippen molar-refractivity contribution in [3.8, 4) is 0 Å². The monoisotopic (exact) mass is 468 g/mol. The Kier molecular flexibility index (Phi) is 11.2. The maximum atomic E-state index is 13.6. The van der Waals surface area contributed by atoms with Crippen LogP contribution in [0.1, 0.15) is 83.7 Å². The van der Waals surface area contributed by atoms with Gasteiger partial charge in [-0.3, -0.25) is 9.59 Å². The molecule has 0 unspecified atom stereocenters. The molecule has 6 heteroatoms. The molecule has 1 aromatic carbocycles. The van der Waals surface area contributed by atoms with Gasteiger partial charge in [-0.05, 0) is 37.2 Å². The SMILES string of the molecule is CCCC[C@H](CC)CN(C(=O)CCl)[C@H](C(=O)N[C@H]1CCCC[C@@H]1C)c1ccccc1Cl. The quantitative estimate of drug-likeness (QED) is 0.384. The molecule has 2 rings (SSSR count). The number of halogens is 2. The highest BCUT2D eigenvalue weighted by Gasteiger charge is 2.35. The molecule has 0 heterocycles. The van der Waals surface area contributed by atoms with Gasteiger partial charge in [-0.15, -0.1) is 11.6 Å². The van der Waals surface area contributed by atoms with Crippen LogP contribution in [-0.2, 0) is 9.59 Å². The summed E-state index contributed by atoms with van der Waals surface area (Å²) in [5, 5.41) is 3.75. The van der Waals surface area contributed by atoms with Crippen molar-refractivity contribution in [3.05, 3.63) is 34.9 Å². The van der Waals surface area contributed by atoms with E-state index in [-0.39, 0.29) is 23.7 Å². The summed E-state index contributed by atoms with van der Waals surface area (Å²) in [6, 6.07) is 6.68. The molecule has 1 saturated carbocycles. The molecule has 1 aliphatic rings. The summed E-state index contributed by atoms with van der Waals surface area (Å²) < 4.78 is 0. The standard InChI is InChI=1S/C25H38Cl2N2O2/c1-4-6-12-19(5-2)17-29(23(30)16-26)24(20-13-8-9-14-21(20)27)25(31)28-22-15-10-7-11-18(22)3/h8-9,13-14,18-19,22,24H,4-7,10-12,15-17H2,1-3H3,(H,28,31)/t18-,19-,22-,24-/m0/s1. The summed E-state index contributed by atoms with van der Waals surface area (Å²) in [6.07, 6.45) is 8.58. The van der Waals surface area contributed by atoms with Crippen LogP contribution in [0, 0.1) is 11.8 Å². The fraction of sp³-hybridized carbons (Fsp3) is 0.680. The number of carbonyl (C=O) groups is 2.